The highest BCUT2D eigenvalue weighted by atomic mass is 32.3. The zero-order chi connectivity index (χ0) is 23.6. The normalized spacial score (nSPS) is 12.4. The van der Waals surface area contributed by atoms with Crippen molar-refractivity contribution in [2.75, 3.05) is 20.2 Å². The highest BCUT2D eigenvalue weighted by Gasteiger charge is 1.97. The molecule has 0 saturated heterocycles. The molecule has 0 fully saturated rings. The van der Waals surface area contributed by atoms with Crippen molar-refractivity contribution in [3.8, 4) is 0 Å². The van der Waals surface area contributed by atoms with Crippen molar-refractivity contribution in [2.24, 2.45) is 4.99 Å². The highest BCUT2D eigenvalue weighted by molar-refractivity contribution is 7.80. The van der Waals surface area contributed by atoms with Crippen LogP contribution in [-0.2, 0) is 19.4 Å². The first-order valence-corrected chi connectivity index (χ1v) is 13.2. The fourth-order valence-corrected chi connectivity index (χ4v) is 2.97. The Bertz CT molecular complexity index is 506. The molecule has 0 aliphatic carbocycles. The van der Waals surface area contributed by atoms with Gasteiger partial charge in [-0.1, -0.05) is 96.8 Å². The van der Waals surface area contributed by atoms with E-state index in [1.807, 2.05) is 0 Å². The van der Waals surface area contributed by atoms with E-state index in [4.69, 9.17) is 9.66 Å². The third-order valence-corrected chi connectivity index (χ3v) is 5.19. The Morgan fingerprint density at radius 2 is 1.29 bits per heavy atom. The van der Waals surface area contributed by atoms with Gasteiger partial charge in [0.05, 0.1) is 20.0 Å². The second kappa shape index (κ2) is 25.1. The molecule has 0 atom stereocenters. The molecule has 0 radical (unpaired) electrons. The topological polar surface area (TPSA) is 125 Å². The molecule has 0 aromatic heterocycles. The molecule has 186 valence electrons. The number of carboxylic acids is 1. The van der Waals surface area contributed by atoms with Gasteiger partial charge in [-0.25, -0.2) is 0 Å². The van der Waals surface area contributed by atoms with E-state index in [0.29, 0.717) is 6.42 Å². The van der Waals surface area contributed by atoms with Crippen molar-refractivity contribution in [1.29, 1.82) is 0 Å². The van der Waals surface area contributed by atoms with E-state index in [1.165, 1.54) is 83.5 Å². The summed E-state index contributed by atoms with van der Waals surface area (Å²) in [6.07, 6.45) is 21.9. The number of carbonyl (C=O) groups is 1. The first kappa shape index (κ1) is 32.0. The van der Waals surface area contributed by atoms with E-state index in [2.05, 4.69) is 21.4 Å². The lowest BCUT2D eigenvalue weighted by Crippen LogP contribution is -2.04. The average molecular weight is 467 g/mol. The third kappa shape index (κ3) is 36.5. The maximum absolute atomic E-state index is 10.3. The van der Waals surface area contributed by atoms with E-state index >= 15 is 0 Å². The van der Waals surface area contributed by atoms with Gasteiger partial charge in [0.2, 0.25) is 0 Å². The van der Waals surface area contributed by atoms with E-state index in [9.17, 15) is 13.2 Å². The first-order valence-electron chi connectivity index (χ1n) is 11.8. The Hall–Kier alpha value is -1.19. The minimum Gasteiger partial charge on any atom is -0.481 e. The summed E-state index contributed by atoms with van der Waals surface area (Å²) in [7, 11) is -3.29. The molecule has 0 spiro atoms. The minimum atomic E-state index is -4.16. The molecular formula is C22H46N2O6S. The van der Waals surface area contributed by atoms with Crippen LogP contribution >= 0.6 is 0 Å². The summed E-state index contributed by atoms with van der Waals surface area (Å²) >= 11 is 0. The molecule has 0 aromatic carbocycles. The molecule has 1 rings (SSSR count). The van der Waals surface area contributed by atoms with Crippen LogP contribution in [0.25, 0.3) is 0 Å². The zero-order valence-corrected chi connectivity index (χ0v) is 20.5. The van der Waals surface area contributed by atoms with Crippen molar-refractivity contribution >= 4 is 22.7 Å². The molecule has 0 amide bonds. The van der Waals surface area contributed by atoms with Gasteiger partial charge < -0.3 is 10.4 Å². The van der Waals surface area contributed by atoms with Crippen LogP contribution in [0.3, 0.4) is 0 Å². The van der Waals surface area contributed by atoms with Crippen molar-refractivity contribution in [2.45, 2.75) is 110 Å². The standard InChI is InChI=1S/C18H36O2.C3H6N2.CH4O4S/c1-2-3-4-5-6-7-8-9-10-11-12-13-14-15-16-17-18(19)20;1-2-5-3-4-1;1-5-6(2,3)4/h2-17H2,1H3,(H,19,20);3H,1-2H2,(H,4,5);1H3,(H,2,3,4). The second-order valence-corrected chi connectivity index (χ2v) is 8.87. The van der Waals surface area contributed by atoms with Gasteiger partial charge in [0, 0.05) is 13.0 Å². The lowest BCUT2D eigenvalue weighted by molar-refractivity contribution is -0.137. The van der Waals surface area contributed by atoms with Crippen LogP contribution in [0.1, 0.15) is 110 Å². The van der Waals surface area contributed by atoms with Crippen molar-refractivity contribution in [3.05, 3.63) is 0 Å². The minimum absolute atomic E-state index is 0.345. The number of nitrogens with zero attached hydrogens (tertiary/aromatic N) is 1. The van der Waals surface area contributed by atoms with Crippen LogP contribution in [0.5, 0.6) is 0 Å². The summed E-state index contributed by atoms with van der Waals surface area (Å²) in [5.41, 5.74) is 0. The SMILES string of the molecule is C1=NCCN1.CCCCCCCCCCCCCCCCCC(=O)O.COS(=O)(=O)O. The van der Waals surface area contributed by atoms with Crippen molar-refractivity contribution in [3.63, 3.8) is 0 Å². The molecule has 9 heteroatoms. The third-order valence-electron chi connectivity index (χ3n) is 4.77. The monoisotopic (exact) mass is 466 g/mol. The Morgan fingerprint density at radius 3 is 1.52 bits per heavy atom. The molecule has 1 aliphatic heterocycles. The van der Waals surface area contributed by atoms with Crippen LogP contribution in [-0.4, -0.2) is 50.6 Å². The van der Waals surface area contributed by atoms with E-state index in [1.54, 1.807) is 6.34 Å². The number of carboxylic acid groups (broad SMARTS) is 1. The van der Waals surface area contributed by atoms with E-state index in [0.717, 1.165) is 33.0 Å². The molecule has 8 nitrogen and oxygen atoms in total. The number of nitrogens with one attached hydrogen (secondary N) is 1. The lowest BCUT2D eigenvalue weighted by Gasteiger charge is -2.03. The smallest absolute Gasteiger partial charge is 0.397 e. The Balaban J connectivity index is 0. The number of aliphatic imine (C=N–C) groups is 1. The number of aliphatic carboxylic acids is 1. The van der Waals surface area contributed by atoms with Gasteiger partial charge in [-0.15, -0.1) is 0 Å². The van der Waals surface area contributed by atoms with Gasteiger partial charge >= 0.3 is 16.4 Å². The van der Waals surface area contributed by atoms with Crippen LogP contribution in [0.15, 0.2) is 4.99 Å². The maximum Gasteiger partial charge on any atom is 0.397 e. The molecule has 3 N–H and O–H groups in total. The second-order valence-electron chi connectivity index (χ2n) is 7.68. The maximum atomic E-state index is 10.3. The quantitative estimate of drug-likeness (QED) is 0.194. The summed E-state index contributed by atoms with van der Waals surface area (Å²) in [4.78, 5) is 14.2. The molecule has 0 saturated carbocycles. The van der Waals surface area contributed by atoms with E-state index < -0.39 is 16.4 Å². The van der Waals surface area contributed by atoms with Gasteiger partial charge in [-0.3, -0.25) is 18.5 Å². The highest BCUT2D eigenvalue weighted by Crippen LogP contribution is 2.13. The lowest BCUT2D eigenvalue weighted by atomic mass is 10.0. The number of rotatable bonds is 17. The van der Waals surface area contributed by atoms with Crippen molar-refractivity contribution < 1.29 is 27.1 Å². The van der Waals surface area contributed by atoms with Crippen LogP contribution < -0.4 is 5.32 Å². The predicted octanol–water partition coefficient (Wildman–Crippen LogP) is 5.39. The number of unbranched alkanes of at least 4 members (excludes halogenated alkanes) is 14. The molecule has 0 unspecified atom stereocenters. The largest absolute Gasteiger partial charge is 0.481 e. The average Bonchev–Trinajstić information content (AvgIpc) is 3.31. The fraction of sp³-hybridized carbons (Fsp3) is 0.909. The van der Waals surface area contributed by atoms with Crippen LogP contribution in [0.4, 0.5) is 0 Å². The molecular weight excluding hydrogens is 420 g/mol. The first-order chi connectivity index (χ1) is 14.8. The molecule has 0 aromatic rings. The van der Waals surface area contributed by atoms with Gasteiger partial charge in [-0.2, -0.15) is 8.42 Å². The Kier molecular flexibility index (Phi) is 25.9. The number of hydrogen-bond acceptors (Lipinski definition) is 6. The van der Waals surface area contributed by atoms with Gasteiger partial charge in [0.1, 0.15) is 0 Å². The molecule has 1 aliphatic rings. The van der Waals surface area contributed by atoms with Gasteiger partial charge in [0.25, 0.3) is 0 Å². The van der Waals surface area contributed by atoms with Crippen LogP contribution in [0, 0.1) is 0 Å². The summed E-state index contributed by atoms with van der Waals surface area (Å²) in [6, 6.07) is 0. The molecule has 1 heterocycles. The molecule has 0 bridgehead atoms. The van der Waals surface area contributed by atoms with Crippen molar-refractivity contribution in [1.82, 2.24) is 5.32 Å². The fourth-order valence-electron chi connectivity index (χ4n) is 2.97. The summed E-state index contributed by atoms with van der Waals surface area (Å²) in [5.74, 6) is -0.653. The zero-order valence-electron chi connectivity index (χ0n) is 19.7. The van der Waals surface area contributed by atoms with E-state index in [-0.39, 0.29) is 0 Å². The Labute approximate surface area is 190 Å². The van der Waals surface area contributed by atoms with Crippen LogP contribution in [0.2, 0.25) is 0 Å². The summed E-state index contributed by atoms with van der Waals surface area (Å²) in [5, 5.41) is 11.4. The summed E-state index contributed by atoms with van der Waals surface area (Å²) in [6.45, 7) is 4.26. The van der Waals surface area contributed by atoms with Gasteiger partial charge in [0.15, 0.2) is 0 Å². The molecule has 31 heavy (non-hydrogen) atoms. The Morgan fingerprint density at radius 1 is 0.903 bits per heavy atom. The number of hydrogen-bond donors (Lipinski definition) is 3. The summed E-state index contributed by atoms with van der Waals surface area (Å²) < 4.78 is 29.7. The van der Waals surface area contributed by atoms with Gasteiger partial charge in [-0.05, 0) is 6.42 Å². The predicted molar refractivity (Wildman–Crippen MR) is 127 cm³/mol.